The van der Waals surface area contributed by atoms with Crippen LogP contribution in [0.15, 0.2) is 18.2 Å². The number of nitrogens with one attached hydrogen (secondary N) is 2. The maximum absolute atomic E-state index is 4.57. The number of anilines is 2. The molecule has 0 amide bonds. The predicted molar refractivity (Wildman–Crippen MR) is 81.6 cm³/mol. The molecule has 1 aromatic heterocycles. The zero-order chi connectivity index (χ0) is 12.8. The van der Waals surface area contributed by atoms with Gasteiger partial charge < -0.3 is 10.6 Å². The smallest absolute Gasteiger partial charge is 0.128 e. The van der Waals surface area contributed by atoms with Gasteiger partial charge in [-0.05, 0) is 44.1 Å². The highest BCUT2D eigenvalue weighted by Crippen LogP contribution is 2.37. The van der Waals surface area contributed by atoms with Crippen LogP contribution in [0.5, 0.6) is 0 Å². The highest BCUT2D eigenvalue weighted by atomic mass is 32.2. The van der Waals surface area contributed by atoms with E-state index in [1.807, 2.05) is 12.1 Å². The van der Waals surface area contributed by atoms with Crippen molar-refractivity contribution < 1.29 is 0 Å². The van der Waals surface area contributed by atoms with Crippen LogP contribution in [0.2, 0.25) is 0 Å². The number of hydrogen-bond donors (Lipinski definition) is 2. The molecule has 1 fully saturated rings. The predicted octanol–water partition coefficient (Wildman–Crippen LogP) is 3.60. The van der Waals surface area contributed by atoms with Gasteiger partial charge in [0, 0.05) is 17.8 Å². The molecule has 0 aromatic carbocycles. The van der Waals surface area contributed by atoms with Crippen LogP contribution in [0, 0.1) is 0 Å². The first-order valence-corrected chi connectivity index (χ1v) is 7.79. The Morgan fingerprint density at radius 2 is 2.11 bits per heavy atom. The van der Waals surface area contributed by atoms with Crippen LogP contribution in [0.1, 0.15) is 33.1 Å². The molecule has 4 heteroatoms. The van der Waals surface area contributed by atoms with E-state index in [1.165, 1.54) is 18.6 Å². The molecule has 0 saturated carbocycles. The summed E-state index contributed by atoms with van der Waals surface area (Å²) < 4.78 is 0.383. The highest BCUT2D eigenvalue weighted by Gasteiger charge is 2.29. The van der Waals surface area contributed by atoms with Gasteiger partial charge in [0.15, 0.2) is 0 Å². The lowest BCUT2D eigenvalue weighted by molar-refractivity contribution is 0.634. The molecule has 2 N–H and O–H groups in total. The number of rotatable bonds is 6. The molecule has 0 radical (unpaired) electrons. The van der Waals surface area contributed by atoms with Crippen molar-refractivity contribution in [2.24, 2.45) is 0 Å². The van der Waals surface area contributed by atoms with E-state index in [2.05, 4.69) is 47.3 Å². The van der Waals surface area contributed by atoms with Gasteiger partial charge in [-0.2, -0.15) is 11.8 Å². The summed E-state index contributed by atoms with van der Waals surface area (Å²) in [4.78, 5) is 4.57. The van der Waals surface area contributed by atoms with E-state index >= 15 is 0 Å². The molecule has 1 saturated heterocycles. The zero-order valence-corrected chi connectivity index (χ0v) is 12.1. The van der Waals surface area contributed by atoms with Crippen molar-refractivity contribution >= 4 is 23.4 Å². The van der Waals surface area contributed by atoms with Crippen LogP contribution in [-0.2, 0) is 0 Å². The molecular weight excluding hydrogens is 242 g/mol. The molecule has 1 aliphatic rings. The minimum absolute atomic E-state index is 0.383. The molecule has 2 heterocycles. The lowest BCUT2D eigenvalue weighted by atomic mass is 10.1. The largest absolute Gasteiger partial charge is 0.370 e. The number of nitrogens with zero attached hydrogens (tertiary/aromatic N) is 1. The third kappa shape index (κ3) is 3.80. The average Bonchev–Trinajstić information content (AvgIpc) is 2.82. The molecule has 2 rings (SSSR count). The van der Waals surface area contributed by atoms with Crippen LogP contribution < -0.4 is 10.6 Å². The quantitative estimate of drug-likeness (QED) is 0.824. The summed E-state index contributed by atoms with van der Waals surface area (Å²) in [5.74, 6) is 3.24. The lowest BCUT2D eigenvalue weighted by Crippen LogP contribution is -2.27. The van der Waals surface area contributed by atoms with Crippen molar-refractivity contribution in [2.45, 2.75) is 37.9 Å². The van der Waals surface area contributed by atoms with Crippen LogP contribution in [0.4, 0.5) is 11.6 Å². The fraction of sp³-hybridized carbons (Fsp3) is 0.643. The monoisotopic (exact) mass is 265 g/mol. The van der Waals surface area contributed by atoms with Crippen molar-refractivity contribution in [3.05, 3.63) is 18.2 Å². The molecular formula is C14H23N3S. The van der Waals surface area contributed by atoms with E-state index < -0.39 is 0 Å². The summed E-state index contributed by atoms with van der Waals surface area (Å²) in [6.07, 6.45) is 3.76. The maximum atomic E-state index is 4.57. The number of aromatic nitrogens is 1. The van der Waals surface area contributed by atoms with Gasteiger partial charge in [0.2, 0.25) is 0 Å². The van der Waals surface area contributed by atoms with Gasteiger partial charge in [0.1, 0.15) is 11.6 Å². The molecule has 0 spiro atoms. The second kappa shape index (κ2) is 6.32. The Bertz CT molecular complexity index is 375. The summed E-state index contributed by atoms with van der Waals surface area (Å²) in [5, 5.41) is 6.79. The molecule has 100 valence electrons. The Labute approximate surface area is 114 Å². The molecule has 0 aliphatic carbocycles. The third-order valence-electron chi connectivity index (χ3n) is 3.25. The first-order valence-electron chi connectivity index (χ1n) is 6.81. The van der Waals surface area contributed by atoms with Crippen molar-refractivity contribution in [1.82, 2.24) is 4.98 Å². The number of hydrogen-bond acceptors (Lipinski definition) is 4. The maximum Gasteiger partial charge on any atom is 0.128 e. The van der Waals surface area contributed by atoms with Crippen LogP contribution in [0.3, 0.4) is 0 Å². The van der Waals surface area contributed by atoms with Gasteiger partial charge in [0.25, 0.3) is 0 Å². The van der Waals surface area contributed by atoms with Gasteiger partial charge in [-0.1, -0.05) is 13.0 Å². The summed E-state index contributed by atoms with van der Waals surface area (Å²) in [6.45, 7) is 6.48. The van der Waals surface area contributed by atoms with Gasteiger partial charge in [-0.3, -0.25) is 0 Å². The molecule has 3 nitrogen and oxygen atoms in total. The molecule has 1 unspecified atom stereocenters. The fourth-order valence-corrected chi connectivity index (χ4v) is 3.38. The van der Waals surface area contributed by atoms with E-state index in [0.29, 0.717) is 4.75 Å². The first kappa shape index (κ1) is 13.5. The van der Waals surface area contributed by atoms with Crippen molar-refractivity contribution in [2.75, 3.05) is 29.5 Å². The van der Waals surface area contributed by atoms with E-state index in [-0.39, 0.29) is 0 Å². The minimum atomic E-state index is 0.383. The lowest BCUT2D eigenvalue weighted by Gasteiger charge is -2.23. The number of pyridine rings is 1. The Balaban J connectivity index is 1.88. The Kier molecular flexibility index (Phi) is 4.75. The second-order valence-corrected chi connectivity index (χ2v) is 6.77. The summed E-state index contributed by atoms with van der Waals surface area (Å²) in [5.41, 5.74) is 0. The number of thioether (sulfide) groups is 1. The SMILES string of the molecule is CCCNc1cccc(NCC2(C)CCCS2)n1. The fourth-order valence-electron chi connectivity index (χ4n) is 2.14. The van der Waals surface area contributed by atoms with Gasteiger partial charge in [0.05, 0.1) is 0 Å². The van der Waals surface area contributed by atoms with Crippen LogP contribution in [-0.4, -0.2) is 28.6 Å². The van der Waals surface area contributed by atoms with Gasteiger partial charge in [-0.15, -0.1) is 0 Å². The van der Waals surface area contributed by atoms with E-state index in [9.17, 15) is 0 Å². The summed E-state index contributed by atoms with van der Waals surface area (Å²) in [6, 6.07) is 6.12. The topological polar surface area (TPSA) is 37.0 Å². The Morgan fingerprint density at radius 1 is 1.33 bits per heavy atom. The van der Waals surface area contributed by atoms with Gasteiger partial charge >= 0.3 is 0 Å². The molecule has 0 bridgehead atoms. The standard InChI is InChI=1S/C14H23N3S/c1-3-9-15-12-6-4-7-13(17-12)16-11-14(2)8-5-10-18-14/h4,6-7H,3,5,8-11H2,1-2H3,(H2,15,16,17). The normalized spacial score (nSPS) is 23.0. The Hall–Kier alpha value is -0.900. The zero-order valence-electron chi connectivity index (χ0n) is 11.3. The van der Waals surface area contributed by atoms with Crippen LogP contribution in [0.25, 0.3) is 0 Å². The van der Waals surface area contributed by atoms with E-state index in [4.69, 9.17) is 0 Å². The van der Waals surface area contributed by atoms with Gasteiger partial charge in [-0.25, -0.2) is 4.98 Å². The van der Waals surface area contributed by atoms with Crippen molar-refractivity contribution in [1.29, 1.82) is 0 Å². The molecule has 1 atom stereocenters. The highest BCUT2D eigenvalue weighted by molar-refractivity contribution is 8.00. The molecule has 1 aromatic rings. The molecule has 1 aliphatic heterocycles. The second-order valence-electron chi connectivity index (χ2n) is 5.09. The summed E-state index contributed by atoms with van der Waals surface area (Å²) >= 11 is 2.08. The van der Waals surface area contributed by atoms with E-state index in [0.717, 1.165) is 31.1 Å². The third-order valence-corrected chi connectivity index (χ3v) is 4.79. The van der Waals surface area contributed by atoms with Crippen molar-refractivity contribution in [3.8, 4) is 0 Å². The van der Waals surface area contributed by atoms with Crippen LogP contribution >= 0.6 is 11.8 Å². The average molecular weight is 265 g/mol. The van der Waals surface area contributed by atoms with Crippen molar-refractivity contribution in [3.63, 3.8) is 0 Å². The first-order chi connectivity index (χ1) is 8.72. The Morgan fingerprint density at radius 3 is 2.78 bits per heavy atom. The summed E-state index contributed by atoms with van der Waals surface area (Å²) in [7, 11) is 0. The molecule has 18 heavy (non-hydrogen) atoms. The minimum Gasteiger partial charge on any atom is -0.370 e. The van der Waals surface area contributed by atoms with E-state index in [1.54, 1.807) is 0 Å².